The minimum atomic E-state index is -0.531. The second-order valence-electron chi connectivity index (χ2n) is 15.6. The van der Waals surface area contributed by atoms with Gasteiger partial charge in [-0.2, -0.15) is 0 Å². The number of esters is 4. The highest BCUT2D eigenvalue weighted by molar-refractivity contribution is 5.72. The topological polar surface area (TPSA) is 146 Å². The van der Waals surface area contributed by atoms with Crippen molar-refractivity contribution in [3.63, 3.8) is 0 Å². The minimum absolute atomic E-state index is 0.0188. The number of ether oxygens (including phenoxy) is 4. The summed E-state index contributed by atoms with van der Waals surface area (Å²) in [5, 5.41) is 19.3. The highest BCUT2D eigenvalue weighted by Crippen LogP contribution is 2.12. The molecule has 0 spiro atoms. The van der Waals surface area contributed by atoms with E-state index < -0.39 is 23.8 Å². The van der Waals surface area contributed by atoms with Crippen LogP contribution in [0.4, 0.5) is 0 Å². The Kier molecular flexibility index (Phi) is 41.9. The summed E-state index contributed by atoms with van der Waals surface area (Å²) in [6, 6.07) is 0. The number of hydrogen-bond donors (Lipinski definition) is 2. The zero-order valence-corrected chi connectivity index (χ0v) is 37.3. The van der Waals surface area contributed by atoms with Gasteiger partial charge in [-0.3, -0.25) is 19.2 Å². The van der Waals surface area contributed by atoms with E-state index in [0.717, 1.165) is 89.9 Å². The Morgan fingerprint density at radius 2 is 0.644 bits per heavy atom. The van der Waals surface area contributed by atoms with E-state index in [4.69, 9.17) is 18.9 Å². The predicted octanol–water partition coefficient (Wildman–Crippen LogP) is 11.2. The van der Waals surface area contributed by atoms with Crippen molar-refractivity contribution in [2.24, 2.45) is 11.8 Å². The third-order valence-electron chi connectivity index (χ3n) is 9.86. The van der Waals surface area contributed by atoms with Crippen molar-refractivity contribution in [3.8, 4) is 0 Å². The summed E-state index contributed by atoms with van der Waals surface area (Å²) in [5.41, 5.74) is 0. The van der Waals surface area contributed by atoms with Crippen molar-refractivity contribution in [2.75, 3.05) is 39.6 Å². The predicted molar refractivity (Wildman–Crippen MR) is 238 cm³/mol. The average Bonchev–Trinajstić information content (AvgIpc) is 3.23. The van der Waals surface area contributed by atoms with Crippen LogP contribution in [0.25, 0.3) is 0 Å². The van der Waals surface area contributed by atoms with Crippen molar-refractivity contribution >= 4 is 23.9 Å². The van der Waals surface area contributed by atoms with E-state index in [1.54, 1.807) is 0 Å². The van der Waals surface area contributed by atoms with Crippen molar-refractivity contribution < 1.29 is 48.3 Å². The fraction of sp³-hybridized carbons (Fsp3) is 0.755. The van der Waals surface area contributed by atoms with Gasteiger partial charge in [0, 0.05) is 25.7 Å². The Morgan fingerprint density at radius 1 is 0.373 bits per heavy atom. The van der Waals surface area contributed by atoms with Crippen molar-refractivity contribution in [3.05, 3.63) is 48.6 Å². The average molecular weight is 833 g/mol. The number of allylic oxidation sites excluding steroid dienone is 8. The Balaban J connectivity index is 3.85. The Morgan fingerprint density at radius 3 is 0.949 bits per heavy atom. The van der Waals surface area contributed by atoms with Gasteiger partial charge in [0.15, 0.2) is 0 Å². The first-order chi connectivity index (χ1) is 28.9. The van der Waals surface area contributed by atoms with Crippen LogP contribution in [0.3, 0.4) is 0 Å². The van der Waals surface area contributed by atoms with E-state index in [2.05, 4.69) is 62.5 Å². The molecule has 0 saturated carbocycles. The van der Waals surface area contributed by atoms with Gasteiger partial charge in [0.25, 0.3) is 0 Å². The van der Waals surface area contributed by atoms with Crippen LogP contribution in [-0.2, 0) is 38.1 Å². The zero-order chi connectivity index (χ0) is 43.3. The molecule has 2 atom stereocenters. The van der Waals surface area contributed by atoms with Gasteiger partial charge in [0.2, 0.25) is 0 Å². The van der Waals surface area contributed by atoms with Crippen LogP contribution < -0.4 is 0 Å². The molecule has 340 valence electrons. The van der Waals surface area contributed by atoms with E-state index >= 15 is 0 Å². The van der Waals surface area contributed by atoms with E-state index in [9.17, 15) is 29.4 Å². The van der Waals surface area contributed by atoms with Crippen molar-refractivity contribution in [1.29, 1.82) is 0 Å². The minimum Gasteiger partial charge on any atom is -0.465 e. The normalized spacial score (nSPS) is 12.8. The number of aliphatic hydroxyl groups is 2. The molecular weight excluding hydrogens is 749 g/mol. The van der Waals surface area contributed by atoms with E-state index in [1.165, 1.54) is 51.4 Å². The monoisotopic (exact) mass is 833 g/mol. The molecule has 2 N–H and O–H groups in total. The highest BCUT2D eigenvalue weighted by Gasteiger charge is 2.17. The Labute approximate surface area is 358 Å². The van der Waals surface area contributed by atoms with Crippen molar-refractivity contribution in [2.45, 2.75) is 187 Å². The van der Waals surface area contributed by atoms with Crippen molar-refractivity contribution in [1.82, 2.24) is 0 Å². The summed E-state index contributed by atoms with van der Waals surface area (Å²) >= 11 is 0. The van der Waals surface area contributed by atoms with Gasteiger partial charge < -0.3 is 29.2 Å². The largest absolute Gasteiger partial charge is 0.465 e. The molecule has 0 aromatic heterocycles. The van der Waals surface area contributed by atoms with Gasteiger partial charge in [-0.25, -0.2) is 0 Å². The van der Waals surface area contributed by atoms with Crippen LogP contribution in [0.15, 0.2) is 48.6 Å². The first-order valence-electron chi connectivity index (χ1n) is 23.3. The molecule has 0 aromatic rings. The lowest BCUT2D eigenvalue weighted by Crippen LogP contribution is -2.24. The van der Waals surface area contributed by atoms with Gasteiger partial charge in [0.05, 0.1) is 51.5 Å². The SMILES string of the molecule is CCCCC/C=C\C/C=C\CCCCCCCC(=O)OCC(CO)COC(=O)CCCC(=O)OCC(CO)COC(=O)CCCCCCC/C=C\C/C=C\CCCCC. The Bertz CT molecular complexity index is 1040. The highest BCUT2D eigenvalue weighted by atomic mass is 16.6. The number of carbonyl (C=O) groups is 4. The van der Waals surface area contributed by atoms with Crippen LogP contribution in [0.5, 0.6) is 0 Å². The second kappa shape index (κ2) is 44.3. The molecule has 0 aliphatic carbocycles. The molecule has 0 aromatic carbocycles. The molecule has 0 aliphatic heterocycles. The molecule has 0 rings (SSSR count). The summed E-state index contributed by atoms with van der Waals surface area (Å²) in [5.74, 6) is -2.76. The third kappa shape index (κ3) is 41.3. The molecule has 10 nitrogen and oxygen atoms in total. The number of hydrogen-bond acceptors (Lipinski definition) is 10. The van der Waals surface area contributed by atoms with Crippen LogP contribution in [0.1, 0.15) is 187 Å². The van der Waals surface area contributed by atoms with Crippen LogP contribution in [0.2, 0.25) is 0 Å². The molecule has 10 heteroatoms. The van der Waals surface area contributed by atoms with Crippen LogP contribution >= 0.6 is 0 Å². The maximum absolute atomic E-state index is 12.2. The number of rotatable bonds is 42. The zero-order valence-electron chi connectivity index (χ0n) is 37.3. The summed E-state index contributed by atoms with van der Waals surface area (Å²) in [7, 11) is 0. The van der Waals surface area contributed by atoms with E-state index in [1.807, 2.05) is 0 Å². The van der Waals surface area contributed by atoms with Gasteiger partial charge in [-0.1, -0.05) is 127 Å². The lowest BCUT2D eigenvalue weighted by molar-refractivity contribution is -0.150. The number of aliphatic hydroxyl groups excluding tert-OH is 2. The summed E-state index contributed by atoms with van der Waals surface area (Å²) in [4.78, 5) is 48.6. The molecular formula is C49H84O10. The van der Waals surface area contributed by atoms with Gasteiger partial charge in [-0.05, 0) is 83.5 Å². The first-order valence-corrected chi connectivity index (χ1v) is 23.3. The maximum Gasteiger partial charge on any atom is 0.305 e. The number of carbonyl (C=O) groups excluding carboxylic acids is 4. The van der Waals surface area contributed by atoms with E-state index in [-0.39, 0.29) is 70.8 Å². The Hall–Kier alpha value is -3.24. The summed E-state index contributed by atoms with van der Waals surface area (Å²) < 4.78 is 21.0. The molecule has 2 unspecified atom stereocenters. The molecule has 59 heavy (non-hydrogen) atoms. The van der Waals surface area contributed by atoms with Gasteiger partial charge in [0.1, 0.15) is 0 Å². The molecule has 0 radical (unpaired) electrons. The first kappa shape index (κ1) is 55.8. The quantitative estimate of drug-likeness (QED) is 0.0264. The van der Waals surface area contributed by atoms with Gasteiger partial charge in [-0.15, -0.1) is 0 Å². The molecule has 0 fully saturated rings. The fourth-order valence-corrected chi connectivity index (χ4v) is 5.98. The second-order valence-corrected chi connectivity index (χ2v) is 15.6. The summed E-state index contributed by atoms with van der Waals surface area (Å²) in [6.45, 7) is 3.59. The molecule has 0 saturated heterocycles. The van der Waals surface area contributed by atoms with Crippen LogP contribution in [-0.4, -0.2) is 73.7 Å². The fourth-order valence-electron chi connectivity index (χ4n) is 5.98. The van der Waals surface area contributed by atoms with Crippen LogP contribution in [0, 0.1) is 11.8 Å². The molecule has 0 bridgehead atoms. The number of unbranched alkanes of at least 4 members (excludes halogenated alkanes) is 16. The lowest BCUT2D eigenvalue weighted by Gasteiger charge is -2.15. The summed E-state index contributed by atoms with van der Waals surface area (Å²) in [6.07, 6.45) is 43.1. The van der Waals surface area contributed by atoms with E-state index in [0.29, 0.717) is 12.8 Å². The molecule has 0 amide bonds. The maximum atomic E-state index is 12.2. The lowest BCUT2D eigenvalue weighted by atomic mass is 10.1. The smallest absolute Gasteiger partial charge is 0.305 e. The molecule has 0 aliphatic rings. The third-order valence-corrected chi connectivity index (χ3v) is 9.86. The standard InChI is InChI=1S/C49H84O10/c1-3-5-7-9-11-13-15-17-19-21-23-25-27-29-31-34-46(52)56-40-44(38-50)42-58-48(54)36-33-37-49(55)59-43-45(39-51)41-57-47(53)35-32-30-28-26-24-22-20-18-16-14-12-10-8-6-4-2/h11-14,17-20,44-45,50-51H,3-10,15-16,21-43H2,1-2H3/b13-11-,14-12-,19-17-,20-18-. The molecule has 0 heterocycles. The van der Waals surface area contributed by atoms with Gasteiger partial charge >= 0.3 is 23.9 Å².